The van der Waals surface area contributed by atoms with Gasteiger partial charge in [-0.1, -0.05) is 23.4 Å². The molecule has 2 aromatic carbocycles. The molecule has 2 aliphatic rings. The van der Waals surface area contributed by atoms with E-state index >= 15 is 0 Å². The molecule has 6 nitrogen and oxygen atoms in total. The van der Waals surface area contributed by atoms with Gasteiger partial charge in [0, 0.05) is 30.8 Å². The van der Waals surface area contributed by atoms with Crippen LogP contribution in [0.25, 0.3) is 11.3 Å². The third-order valence-corrected chi connectivity index (χ3v) is 5.48. The highest BCUT2D eigenvalue weighted by atomic mass is 19.1. The summed E-state index contributed by atoms with van der Waals surface area (Å²) in [5.74, 6) is 0.103. The highest BCUT2D eigenvalue weighted by molar-refractivity contribution is 6.17. The molecule has 1 aromatic heterocycles. The summed E-state index contributed by atoms with van der Waals surface area (Å²) < 4.78 is 20.1. The maximum absolute atomic E-state index is 14.7. The number of rotatable bonds is 3. The molecule has 0 bridgehead atoms. The van der Waals surface area contributed by atoms with E-state index in [0.29, 0.717) is 28.5 Å². The van der Waals surface area contributed by atoms with Crippen LogP contribution in [0.5, 0.6) is 0 Å². The van der Waals surface area contributed by atoms with E-state index in [4.69, 9.17) is 9.52 Å². The van der Waals surface area contributed by atoms with Crippen molar-refractivity contribution in [1.29, 1.82) is 0 Å². The second-order valence-corrected chi connectivity index (χ2v) is 7.71. The number of halogens is 1. The fraction of sp³-hybridized carbons (Fsp3) is 0.261. The number of nitrogens with one attached hydrogen (secondary N) is 1. The summed E-state index contributed by atoms with van der Waals surface area (Å²) in [5, 5.41) is 6.73. The predicted molar refractivity (Wildman–Crippen MR) is 114 cm³/mol. The smallest absolute Gasteiger partial charge is 0.230 e. The Labute approximate surface area is 173 Å². The van der Waals surface area contributed by atoms with Gasteiger partial charge in [-0.25, -0.2) is 4.39 Å². The molecule has 0 aliphatic carbocycles. The molecule has 1 N–H and O–H groups in total. The Bertz CT molecular complexity index is 1160. The van der Waals surface area contributed by atoms with Crippen LogP contribution in [0.3, 0.4) is 0 Å². The van der Waals surface area contributed by atoms with Crippen molar-refractivity contribution in [3.8, 4) is 11.3 Å². The van der Waals surface area contributed by atoms with Gasteiger partial charge < -0.3 is 14.7 Å². The van der Waals surface area contributed by atoms with Crippen LogP contribution in [0.1, 0.15) is 30.5 Å². The third kappa shape index (κ3) is 3.47. The van der Waals surface area contributed by atoms with Crippen LogP contribution in [-0.2, 0) is 4.79 Å². The molecule has 7 heteroatoms. The highest BCUT2D eigenvalue weighted by Crippen LogP contribution is 2.36. The average molecular weight is 404 g/mol. The van der Waals surface area contributed by atoms with Crippen LogP contribution in [0.2, 0.25) is 0 Å². The molecule has 0 unspecified atom stereocenters. The Morgan fingerprint density at radius 1 is 1.10 bits per heavy atom. The first-order valence-corrected chi connectivity index (χ1v) is 10.1. The van der Waals surface area contributed by atoms with Gasteiger partial charge in [0.2, 0.25) is 5.91 Å². The minimum atomic E-state index is -0.336. The molecule has 152 valence electrons. The molecule has 5 rings (SSSR count). The quantitative estimate of drug-likeness (QED) is 0.677. The topological polar surface area (TPSA) is 70.7 Å². The molecule has 0 spiro atoms. The number of carbonyl (C=O) groups is 1. The second-order valence-electron chi connectivity index (χ2n) is 7.71. The first-order valence-electron chi connectivity index (χ1n) is 10.1. The molecular formula is C23H21FN4O2. The minimum Gasteiger partial charge on any atom is -0.369 e. The molecular weight excluding hydrogens is 383 g/mol. The van der Waals surface area contributed by atoms with Gasteiger partial charge in [0.05, 0.1) is 34.9 Å². The Kier molecular flexibility index (Phi) is 4.58. The number of fused-ring (bicyclic) bond motifs is 1. The average Bonchev–Trinajstić information content (AvgIpc) is 3.38. The van der Waals surface area contributed by atoms with E-state index in [0.717, 1.165) is 42.8 Å². The summed E-state index contributed by atoms with van der Waals surface area (Å²) in [4.78, 5) is 19.3. The van der Waals surface area contributed by atoms with Crippen LogP contribution in [0, 0.1) is 12.7 Å². The van der Waals surface area contributed by atoms with Gasteiger partial charge in [0.15, 0.2) is 5.76 Å². The molecule has 3 heterocycles. The molecule has 1 amide bonds. The molecule has 2 aliphatic heterocycles. The summed E-state index contributed by atoms with van der Waals surface area (Å²) in [6, 6.07) is 12.6. The largest absolute Gasteiger partial charge is 0.369 e. The van der Waals surface area contributed by atoms with Crippen molar-refractivity contribution in [2.45, 2.75) is 26.2 Å². The van der Waals surface area contributed by atoms with E-state index in [1.54, 1.807) is 6.07 Å². The highest BCUT2D eigenvalue weighted by Gasteiger charge is 2.23. The summed E-state index contributed by atoms with van der Waals surface area (Å²) in [6.07, 6.45) is 2.21. The Hall–Kier alpha value is -3.48. The van der Waals surface area contributed by atoms with Gasteiger partial charge in [-0.05, 0) is 37.5 Å². The second kappa shape index (κ2) is 7.40. The predicted octanol–water partition coefficient (Wildman–Crippen LogP) is 4.85. The van der Waals surface area contributed by atoms with Crippen molar-refractivity contribution in [2.24, 2.45) is 4.99 Å². The maximum Gasteiger partial charge on any atom is 0.230 e. The monoisotopic (exact) mass is 404 g/mol. The van der Waals surface area contributed by atoms with Crippen molar-refractivity contribution in [3.05, 3.63) is 59.5 Å². The minimum absolute atomic E-state index is 0.105. The number of aromatic nitrogens is 1. The fourth-order valence-corrected chi connectivity index (χ4v) is 3.99. The molecule has 0 saturated carbocycles. The van der Waals surface area contributed by atoms with Crippen molar-refractivity contribution >= 4 is 28.7 Å². The number of carbonyl (C=O) groups excluding carboxylic acids is 1. The van der Waals surface area contributed by atoms with Crippen LogP contribution in [-0.4, -0.2) is 29.9 Å². The number of anilines is 2. The molecule has 1 saturated heterocycles. The lowest BCUT2D eigenvalue weighted by Gasteiger charge is -2.19. The van der Waals surface area contributed by atoms with Gasteiger partial charge in [-0.2, -0.15) is 0 Å². The zero-order valence-corrected chi connectivity index (χ0v) is 16.6. The van der Waals surface area contributed by atoms with Gasteiger partial charge in [0.25, 0.3) is 0 Å². The maximum atomic E-state index is 14.7. The number of hydrogen-bond donors (Lipinski definition) is 1. The molecule has 30 heavy (non-hydrogen) atoms. The van der Waals surface area contributed by atoms with Crippen molar-refractivity contribution < 1.29 is 13.7 Å². The molecule has 1 fully saturated rings. The van der Waals surface area contributed by atoms with E-state index in [9.17, 15) is 9.18 Å². The normalized spacial score (nSPS) is 16.1. The van der Waals surface area contributed by atoms with Crippen molar-refractivity contribution in [2.75, 3.05) is 23.3 Å². The standard InChI is InChI=1S/C23H21FN4O2/c1-14-9-22(30-27-14)16-6-4-5-15(10-16)18-13-23(29)26-19-11-17(24)21(12-20(19)25-18)28-7-2-3-8-28/h4-6,9-12H,2-3,7-8,13H2,1H3,(H,26,29). The van der Waals surface area contributed by atoms with Gasteiger partial charge >= 0.3 is 0 Å². The lowest BCUT2D eigenvalue weighted by molar-refractivity contribution is -0.115. The van der Waals surface area contributed by atoms with Crippen LogP contribution < -0.4 is 10.2 Å². The Balaban J connectivity index is 1.57. The van der Waals surface area contributed by atoms with E-state index in [1.165, 1.54) is 6.07 Å². The van der Waals surface area contributed by atoms with Crippen LogP contribution in [0.15, 0.2) is 52.0 Å². The number of benzene rings is 2. The number of nitrogens with zero attached hydrogens (tertiary/aromatic N) is 3. The van der Waals surface area contributed by atoms with Crippen LogP contribution in [0.4, 0.5) is 21.5 Å². The first kappa shape index (κ1) is 18.5. The summed E-state index contributed by atoms with van der Waals surface area (Å²) in [7, 11) is 0. The number of hydrogen-bond acceptors (Lipinski definition) is 5. The van der Waals surface area contributed by atoms with Gasteiger partial charge in [-0.15, -0.1) is 0 Å². The lowest BCUT2D eigenvalue weighted by atomic mass is 10.0. The van der Waals surface area contributed by atoms with Crippen LogP contribution >= 0.6 is 0 Å². The Morgan fingerprint density at radius 2 is 1.90 bits per heavy atom. The summed E-state index contributed by atoms with van der Waals surface area (Å²) >= 11 is 0. The molecule has 3 aromatic rings. The molecule has 0 radical (unpaired) electrons. The summed E-state index contributed by atoms with van der Waals surface area (Å²) in [5.41, 5.74) is 4.61. The zero-order chi connectivity index (χ0) is 20.7. The van der Waals surface area contributed by atoms with E-state index in [1.807, 2.05) is 42.2 Å². The number of aliphatic imine (C=N–C) groups is 1. The van der Waals surface area contributed by atoms with E-state index < -0.39 is 0 Å². The zero-order valence-electron chi connectivity index (χ0n) is 16.6. The summed E-state index contributed by atoms with van der Waals surface area (Å²) in [6.45, 7) is 3.53. The third-order valence-electron chi connectivity index (χ3n) is 5.48. The Morgan fingerprint density at radius 3 is 2.67 bits per heavy atom. The lowest BCUT2D eigenvalue weighted by Crippen LogP contribution is -2.19. The van der Waals surface area contributed by atoms with Gasteiger partial charge in [-0.3, -0.25) is 9.79 Å². The van der Waals surface area contributed by atoms with Crippen molar-refractivity contribution in [3.63, 3.8) is 0 Å². The van der Waals surface area contributed by atoms with E-state index in [2.05, 4.69) is 10.5 Å². The first-order chi connectivity index (χ1) is 14.6. The van der Waals surface area contributed by atoms with Crippen molar-refractivity contribution in [1.82, 2.24) is 5.16 Å². The molecule has 0 atom stereocenters. The number of amides is 1. The number of aryl methyl sites for hydroxylation is 1. The SMILES string of the molecule is Cc1cc(-c2cccc(C3=Nc4cc(N5CCCC5)c(F)cc4NC(=O)C3)c2)on1. The van der Waals surface area contributed by atoms with Gasteiger partial charge in [0.1, 0.15) is 5.82 Å². The fourth-order valence-electron chi connectivity index (χ4n) is 3.99. The van der Waals surface area contributed by atoms with E-state index in [-0.39, 0.29) is 18.1 Å².